The molecule has 182 valence electrons. The minimum absolute atomic E-state index is 0.0198. The van der Waals surface area contributed by atoms with Crippen LogP contribution in [0.1, 0.15) is 54.6 Å². The van der Waals surface area contributed by atoms with Crippen molar-refractivity contribution in [1.82, 2.24) is 20.5 Å². The number of aromatic nitrogens is 1. The van der Waals surface area contributed by atoms with Gasteiger partial charge in [-0.15, -0.1) is 11.3 Å². The highest BCUT2D eigenvalue weighted by molar-refractivity contribution is 7.17. The number of carbonyl (C=O) groups is 4. The normalized spacial score (nSPS) is 27.1. The van der Waals surface area contributed by atoms with Gasteiger partial charge < -0.3 is 25.6 Å². The molecule has 3 atom stereocenters. The summed E-state index contributed by atoms with van der Waals surface area (Å²) in [6, 6.07) is 0.197. The summed E-state index contributed by atoms with van der Waals surface area (Å²) in [5.41, 5.74) is 2.50. The van der Waals surface area contributed by atoms with Crippen LogP contribution in [-0.4, -0.2) is 69.8 Å². The lowest BCUT2D eigenvalue weighted by Gasteiger charge is -2.50. The average Bonchev–Trinajstić information content (AvgIpc) is 3.55. The Morgan fingerprint density at radius 3 is 2.65 bits per heavy atom. The number of fused-ring (bicyclic) bond motifs is 4. The highest BCUT2D eigenvalue weighted by atomic mass is 32.1. The number of nitrogens with zero attached hydrogens (tertiary/aromatic N) is 1. The number of ketones is 1. The third kappa shape index (κ3) is 4.02. The SMILES string of the molecule is Cc1csc2cc(C(=O)N3C4CCC(CC4)C3C(=O)NC(CC3CCNC3=O)C(=O)CO)[nH]c12. The third-order valence-electron chi connectivity index (χ3n) is 7.70. The Morgan fingerprint density at radius 2 is 2.00 bits per heavy atom. The molecule has 3 aliphatic heterocycles. The number of thiophene rings is 1. The van der Waals surface area contributed by atoms with E-state index in [0.29, 0.717) is 18.7 Å². The van der Waals surface area contributed by atoms with Gasteiger partial charge in [-0.3, -0.25) is 19.2 Å². The van der Waals surface area contributed by atoms with Crippen molar-refractivity contribution < 1.29 is 24.3 Å². The zero-order chi connectivity index (χ0) is 24.0. The molecule has 3 saturated heterocycles. The number of hydrogen-bond acceptors (Lipinski definition) is 6. The van der Waals surface area contributed by atoms with Crippen molar-refractivity contribution in [2.75, 3.05) is 13.2 Å². The van der Waals surface area contributed by atoms with Gasteiger partial charge in [0.1, 0.15) is 18.3 Å². The number of aryl methyl sites for hydroxylation is 1. The monoisotopic (exact) mass is 486 g/mol. The van der Waals surface area contributed by atoms with Crippen LogP contribution in [-0.2, 0) is 14.4 Å². The summed E-state index contributed by atoms with van der Waals surface area (Å²) in [6.07, 6.45) is 4.17. The molecule has 3 amide bonds. The van der Waals surface area contributed by atoms with E-state index in [1.807, 2.05) is 18.4 Å². The van der Waals surface area contributed by atoms with E-state index in [2.05, 4.69) is 15.6 Å². The van der Waals surface area contributed by atoms with Gasteiger partial charge in [-0.25, -0.2) is 0 Å². The van der Waals surface area contributed by atoms with Crippen molar-refractivity contribution in [3.05, 3.63) is 22.7 Å². The first-order valence-corrected chi connectivity index (χ1v) is 12.9. The molecule has 3 unspecified atom stereocenters. The first kappa shape index (κ1) is 23.0. The van der Waals surface area contributed by atoms with Crippen LogP contribution in [0.5, 0.6) is 0 Å². The predicted octanol–water partition coefficient (Wildman–Crippen LogP) is 1.49. The molecule has 6 rings (SSSR count). The lowest BCUT2D eigenvalue weighted by atomic mass is 9.74. The maximum Gasteiger partial charge on any atom is 0.271 e. The number of aliphatic hydroxyl groups is 1. The second-order valence-electron chi connectivity index (χ2n) is 9.76. The molecule has 2 bridgehead atoms. The molecule has 0 radical (unpaired) electrons. The molecule has 0 spiro atoms. The fourth-order valence-electron chi connectivity index (χ4n) is 5.86. The first-order chi connectivity index (χ1) is 16.4. The number of aromatic amines is 1. The maximum atomic E-state index is 13.6. The molecule has 0 aromatic carbocycles. The Hall–Kier alpha value is -2.72. The van der Waals surface area contributed by atoms with Crippen molar-refractivity contribution in [3.63, 3.8) is 0 Å². The van der Waals surface area contributed by atoms with Gasteiger partial charge in [-0.1, -0.05) is 0 Å². The number of piperidine rings is 2. The largest absolute Gasteiger partial charge is 0.389 e. The number of H-pyrrole nitrogens is 1. The summed E-state index contributed by atoms with van der Waals surface area (Å²) in [6.45, 7) is 1.82. The van der Waals surface area contributed by atoms with E-state index < -0.39 is 24.5 Å². The molecule has 34 heavy (non-hydrogen) atoms. The Balaban J connectivity index is 1.38. The number of nitrogens with one attached hydrogen (secondary N) is 3. The lowest BCUT2D eigenvalue weighted by Crippen LogP contribution is -2.64. The molecule has 9 nitrogen and oxygen atoms in total. The topological polar surface area (TPSA) is 132 Å². The van der Waals surface area contributed by atoms with Crippen molar-refractivity contribution in [2.24, 2.45) is 11.8 Å². The van der Waals surface area contributed by atoms with E-state index in [4.69, 9.17) is 0 Å². The van der Waals surface area contributed by atoms with Gasteiger partial charge in [0.25, 0.3) is 5.91 Å². The second-order valence-corrected chi connectivity index (χ2v) is 10.7. The van der Waals surface area contributed by atoms with Gasteiger partial charge in [0.05, 0.1) is 16.3 Å². The number of carbonyl (C=O) groups excluding carboxylic acids is 4. The van der Waals surface area contributed by atoms with Gasteiger partial charge in [0.2, 0.25) is 11.8 Å². The molecule has 4 fully saturated rings. The smallest absolute Gasteiger partial charge is 0.271 e. The summed E-state index contributed by atoms with van der Waals surface area (Å²) in [5, 5.41) is 17.1. The quantitative estimate of drug-likeness (QED) is 0.471. The molecule has 1 saturated carbocycles. The summed E-state index contributed by atoms with van der Waals surface area (Å²) in [5.74, 6) is -1.59. The van der Waals surface area contributed by atoms with E-state index in [9.17, 15) is 24.3 Å². The minimum Gasteiger partial charge on any atom is -0.389 e. The highest BCUT2D eigenvalue weighted by Gasteiger charge is 2.48. The van der Waals surface area contributed by atoms with Crippen LogP contribution in [0.25, 0.3) is 10.2 Å². The van der Waals surface area contributed by atoms with Crippen molar-refractivity contribution in [3.8, 4) is 0 Å². The van der Waals surface area contributed by atoms with Crippen molar-refractivity contribution in [1.29, 1.82) is 0 Å². The molecule has 10 heteroatoms. The van der Waals surface area contributed by atoms with E-state index in [-0.39, 0.29) is 42.0 Å². The van der Waals surface area contributed by atoms with Crippen LogP contribution >= 0.6 is 11.3 Å². The van der Waals surface area contributed by atoms with E-state index in [0.717, 1.165) is 41.5 Å². The van der Waals surface area contributed by atoms with Gasteiger partial charge in [0, 0.05) is 18.5 Å². The second kappa shape index (κ2) is 9.14. The molecule has 4 N–H and O–H groups in total. The van der Waals surface area contributed by atoms with Crippen LogP contribution in [0.2, 0.25) is 0 Å². The zero-order valence-electron chi connectivity index (χ0n) is 19.1. The van der Waals surface area contributed by atoms with Crippen LogP contribution in [0, 0.1) is 18.8 Å². The summed E-state index contributed by atoms with van der Waals surface area (Å²) < 4.78 is 1.01. The van der Waals surface area contributed by atoms with Crippen LogP contribution in [0.4, 0.5) is 0 Å². The maximum absolute atomic E-state index is 13.6. The predicted molar refractivity (Wildman–Crippen MR) is 126 cm³/mol. The fourth-order valence-corrected chi connectivity index (χ4v) is 6.80. The fraction of sp³-hybridized carbons (Fsp3) is 0.583. The van der Waals surface area contributed by atoms with Gasteiger partial charge in [-0.2, -0.15) is 0 Å². The number of rotatable bonds is 7. The summed E-state index contributed by atoms with van der Waals surface area (Å²) >= 11 is 1.58. The standard InChI is InChI=1S/C24H30N4O5S/c1-12-11-34-19-9-17(26-20(12)19)24(33)28-15-4-2-13(3-5-15)21(28)23(32)27-16(18(30)10-29)8-14-6-7-25-22(14)31/h9,11,13-16,21,26,29H,2-8,10H2,1H3,(H,25,31)(H,27,32). The molecule has 2 aromatic heterocycles. The third-order valence-corrected chi connectivity index (χ3v) is 8.74. The molecular weight excluding hydrogens is 456 g/mol. The Kier molecular flexibility index (Phi) is 6.20. The van der Waals surface area contributed by atoms with Crippen LogP contribution < -0.4 is 10.6 Å². The number of aliphatic hydroxyl groups excluding tert-OH is 1. The van der Waals surface area contributed by atoms with Gasteiger partial charge >= 0.3 is 0 Å². The molecule has 1 aliphatic carbocycles. The molecule has 4 aliphatic rings. The van der Waals surface area contributed by atoms with Crippen molar-refractivity contribution >= 4 is 45.1 Å². The Bertz CT molecular complexity index is 1130. The van der Waals surface area contributed by atoms with Crippen LogP contribution in [0.15, 0.2) is 11.4 Å². The summed E-state index contributed by atoms with van der Waals surface area (Å²) in [4.78, 5) is 56.6. The molecule has 5 heterocycles. The van der Waals surface area contributed by atoms with Gasteiger partial charge in [0.15, 0.2) is 5.78 Å². The molecule has 2 aromatic rings. The number of hydrogen-bond donors (Lipinski definition) is 4. The summed E-state index contributed by atoms with van der Waals surface area (Å²) in [7, 11) is 0. The zero-order valence-corrected chi connectivity index (χ0v) is 20.0. The van der Waals surface area contributed by atoms with E-state index in [1.165, 1.54) is 0 Å². The van der Waals surface area contributed by atoms with E-state index >= 15 is 0 Å². The van der Waals surface area contributed by atoms with Gasteiger partial charge in [-0.05, 0) is 68.4 Å². The molecular formula is C24H30N4O5S. The Morgan fingerprint density at radius 1 is 1.24 bits per heavy atom. The highest BCUT2D eigenvalue weighted by Crippen LogP contribution is 2.41. The van der Waals surface area contributed by atoms with E-state index in [1.54, 1.807) is 16.2 Å². The first-order valence-electron chi connectivity index (χ1n) is 12.0. The minimum atomic E-state index is -0.956. The number of amides is 3. The average molecular weight is 487 g/mol. The van der Waals surface area contributed by atoms with Crippen LogP contribution in [0.3, 0.4) is 0 Å². The van der Waals surface area contributed by atoms with Crippen molar-refractivity contribution in [2.45, 2.75) is 63.6 Å². The lowest BCUT2D eigenvalue weighted by molar-refractivity contribution is -0.137. The Labute approximate surface area is 201 Å². The number of Topliss-reactive ketones (excluding diaryl/α,β-unsaturated/α-hetero) is 1.